The molecule has 4 rings (SSSR count). The van der Waals surface area contributed by atoms with E-state index in [0.29, 0.717) is 18.6 Å². The highest BCUT2D eigenvalue weighted by atomic mass is 35.5. The first-order valence-corrected chi connectivity index (χ1v) is 10.1. The molecule has 2 aromatic carbocycles. The lowest BCUT2D eigenvalue weighted by Crippen LogP contribution is -2.28. The Morgan fingerprint density at radius 3 is 2.97 bits per heavy atom. The van der Waals surface area contributed by atoms with E-state index in [4.69, 9.17) is 20.9 Å². The molecule has 2 N–H and O–H groups in total. The Bertz CT molecular complexity index is 1140. The molecule has 2 amide bonds. The minimum atomic E-state index is -0.596. The molecular weight excluding hydrogens is 425 g/mol. The van der Waals surface area contributed by atoms with Gasteiger partial charge in [0.25, 0.3) is 5.91 Å². The number of hydrogen-bond donors (Lipinski definition) is 2. The van der Waals surface area contributed by atoms with Gasteiger partial charge in [-0.05, 0) is 49.2 Å². The van der Waals surface area contributed by atoms with E-state index in [1.807, 2.05) is 6.07 Å². The SMILES string of the molecule is Cc1onc(-c2c(F)cccc2Cl)c1C(=O)NCCOc1ccc2c(c1)CCC(=O)N2. The average Bonchev–Trinajstić information content (AvgIpc) is 3.12. The number of anilines is 1. The van der Waals surface area contributed by atoms with Crippen molar-refractivity contribution >= 4 is 29.1 Å². The molecule has 0 spiro atoms. The molecule has 1 aliphatic rings. The van der Waals surface area contributed by atoms with Gasteiger partial charge in [0, 0.05) is 12.1 Å². The van der Waals surface area contributed by atoms with Gasteiger partial charge < -0.3 is 19.9 Å². The number of nitrogens with one attached hydrogen (secondary N) is 2. The van der Waals surface area contributed by atoms with Crippen LogP contribution in [-0.4, -0.2) is 30.1 Å². The Balaban J connectivity index is 1.39. The first-order chi connectivity index (χ1) is 14.9. The van der Waals surface area contributed by atoms with Crippen molar-refractivity contribution in [2.45, 2.75) is 19.8 Å². The van der Waals surface area contributed by atoms with Gasteiger partial charge >= 0.3 is 0 Å². The fourth-order valence-corrected chi connectivity index (χ4v) is 3.66. The highest BCUT2D eigenvalue weighted by Gasteiger charge is 2.25. The summed E-state index contributed by atoms with van der Waals surface area (Å²) >= 11 is 6.11. The van der Waals surface area contributed by atoms with E-state index < -0.39 is 11.7 Å². The monoisotopic (exact) mass is 443 g/mol. The Labute approximate surface area is 182 Å². The number of fused-ring (bicyclic) bond motifs is 1. The van der Waals surface area contributed by atoms with Crippen LogP contribution < -0.4 is 15.4 Å². The Hall–Kier alpha value is -3.39. The predicted molar refractivity (Wildman–Crippen MR) is 113 cm³/mol. The molecule has 0 unspecified atom stereocenters. The van der Waals surface area contributed by atoms with Crippen molar-refractivity contribution in [3.8, 4) is 17.0 Å². The summed E-state index contributed by atoms with van der Waals surface area (Å²) in [6, 6.07) is 9.66. The van der Waals surface area contributed by atoms with Crippen LogP contribution in [0.15, 0.2) is 40.9 Å². The quantitative estimate of drug-likeness (QED) is 0.558. The maximum atomic E-state index is 14.3. The fourth-order valence-electron chi connectivity index (χ4n) is 3.41. The fraction of sp³-hybridized carbons (Fsp3) is 0.227. The van der Waals surface area contributed by atoms with Crippen molar-refractivity contribution in [3.63, 3.8) is 0 Å². The summed E-state index contributed by atoms with van der Waals surface area (Å²) in [6.45, 7) is 2.00. The smallest absolute Gasteiger partial charge is 0.257 e. The molecule has 0 saturated heterocycles. The highest BCUT2D eigenvalue weighted by Crippen LogP contribution is 2.33. The van der Waals surface area contributed by atoms with Crippen molar-refractivity contribution in [3.05, 3.63) is 64.1 Å². The van der Waals surface area contributed by atoms with E-state index in [2.05, 4.69) is 15.8 Å². The maximum Gasteiger partial charge on any atom is 0.257 e. The third kappa shape index (κ3) is 4.39. The van der Waals surface area contributed by atoms with Crippen molar-refractivity contribution in [1.82, 2.24) is 10.5 Å². The van der Waals surface area contributed by atoms with Crippen molar-refractivity contribution < 1.29 is 23.2 Å². The molecule has 0 bridgehead atoms. The normalized spacial score (nSPS) is 12.8. The van der Waals surface area contributed by atoms with E-state index in [1.165, 1.54) is 18.2 Å². The lowest BCUT2D eigenvalue weighted by atomic mass is 10.0. The Morgan fingerprint density at radius 1 is 1.32 bits per heavy atom. The molecule has 0 atom stereocenters. The first-order valence-electron chi connectivity index (χ1n) is 9.68. The molecule has 160 valence electrons. The van der Waals surface area contributed by atoms with Crippen LogP contribution in [0, 0.1) is 12.7 Å². The summed E-state index contributed by atoms with van der Waals surface area (Å²) in [5.74, 6) is -0.163. The molecule has 1 aromatic heterocycles. The summed E-state index contributed by atoms with van der Waals surface area (Å²) in [4.78, 5) is 24.1. The summed E-state index contributed by atoms with van der Waals surface area (Å²) < 4.78 is 25.1. The number of amides is 2. The molecule has 31 heavy (non-hydrogen) atoms. The maximum absolute atomic E-state index is 14.3. The number of benzene rings is 2. The van der Waals surface area contributed by atoms with Crippen LogP contribution in [0.25, 0.3) is 11.3 Å². The van der Waals surface area contributed by atoms with Crippen LogP contribution >= 0.6 is 11.6 Å². The molecule has 0 aliphatic carbocycles. The minimum Gasteiger partial charge on any atom is -0.492 e. The van der Waals surface area contributed by atoms with Crippen LogP contribution in [0.2, 0.25) is 5.02 Å². The molecule has 9 heteroatoms. The van der Waals surface area contributed by atoms with Gasteiger partial charge in [-0.1, -0.05) is 22.8 Å². The Kier molecular flexibility index (Phi) is 5.90. The van der Waals surface area contributed by atoms with E-state index in [0.717, 1.165) is 11.3 Å². The van der Waals surface area contributed by atoms with Gasteiger partial charge in [-0.3, -0.25) is 9.59 Å². The summed E-state index contributed by atoms with van der Waals surface area (Å²) in [5, 5.41) is 9.50. The molecular formula is C22H19ClFN3O4. The lowest BCUT2D eigenvalue weighted by Gasteiger charge is -2.17. The second-order valence-corrected chi connectivity index (χ2v) is 7.44. The molecule has 0 fully saturated rings. The second kappa shape index (κ2) is 8.77. The van der Waals surface area contributed by atoms with Crippen LogP contribution in [0.1, 0.15) is 28.1 Å². The summed E-state index contributed by atoms with van der Waals surface area (Å²) in [7, 11) is 0. The lowest BCUT2D eigenvalue weighted by molar-refractivity contribution is -0.116. The van der Waals surface area contributed by atoms with Crippen LogP contribution in [0.3, 0.4) is 0 Å². The van der Waals surface area contributed by atoms with E-state index >= 15 is 0 Å². The minimum absolute atomic E-state index is 0.00366. The van der Waals surface area contributed by atoms with Gasteiger partial charge in [-0.2, -0.15) is 0 Å². The zero-order valence-corrected chi connectivity index (χ0v) is 17.4. The predicted octanol–water partition coefficient (Wildman–Crippen LogP) is 4.14. The number of aryl methyl sites for hydroxylation is 2. The molecule has 7 nitrogen and oxygen atoms in total. The third-order valence-electron chi connectivity index (χ3n) is 4.92. The molecule has 0 radical (unpaired) electrons. The largest absolute Gasteiger partial charge is 0.492 e. The Morgan fingerprint density at radius 2 is 2.16 bits per heavy atom. The van der Waals surface area contributed by atoms with Gasteiger partial charge in [0.05, 0.1) is 17.1 Å². The number of carbonyl (C=O) groups is 2. The number of rotatable bonds is 6. The topological polar surface area (TPSA) is 93.5 Å². The van der Waals surface area contributed by atoms with Crippen LogP contribution in [-0.2, 0) is 11.2 Å². The van der Waals surface area contributed by atoms with Crippen LogP contribution in [0.5, 0.6) is 5.75 Å². The molecule has 2 heterocycles. The molecule has 1 aliphatic heterocycles. The van der Waals surface area contributed by atoms with Gasteiger partial charge in [0.2, 0.25) is 5.91 Å². The standard InChI is InChI=1S/C22H19ClFN3O4/c1-12-19(21(27-31-12)20-15(23)3-2-4-16(20)24)22(29)25-9-10-30-14-6-7-17-13(11-14)5-8-18(28)26-17/h2-4,6-7,11H,5,8-10H2,1H3,(H,25,29)(H,26,28). The highest BCUT2D eigenvalue weighted by molar-refractivity contribution is 6.33. The summed E-state index contributed by atoms with van der Waals surface area (Å²) in [5.41, 5.74) is 1.99. The number of carbonyl (C=O) groups excluding carboxylic acids is 2. The number of nitrogens with zero attached hydrogens (tertiary/aromatic N) is 1. The molecule has 3 aromatic rings. The number of halogens is 2. The third-order valence-corrected chi connectivity index (χ3v) is 5.23. The number of ether oxygens (including phenoxy) is 1. The zero-order valence-electron chi connectivity index (χ0n) is 16.6. The van der Waals surface area contributed by atoms with Gasteiger partial charge in [0.1, 0.15) is 35.2 Å². The van der Waals surface area contributed by atoms with Gasteiger partial charge in [-0.15, -0.1) is 0 Å². The van der Waals surface area contributed by atoms with E-state index in [1.54, 1.807) is 19.1 Å². The van der Waals surface area contributed by atoms with Crippen LogP contribution in [0.4, 0.5) is 10.1 Å². The summed E-state index contributed by atoms with van der Waals surface area (Å²) in [6.07, 6.45) is 1.10. The van der Waals surface area contributed by atoms with E-state index in [-0.39, 0.29) is 46.7 Å². The zero-order chi connectivity index (χ0) is 22.0. The van der Waals surface area contributed by atoms with Gasteiger partial charge in [0.15, 0.2) is 0 Å². The van der Waals surface area contributed by atoms with Crippen molar-refractivity contribution in [1.29, 1.82) is 0 Å². The molecule has 0 saturated carbocycles. The second-order valence-electron chi connectivity index (χ2n) is 7.03. The van der Waals surface area contributed by atoms with Gasteiger partial charge in [-0.25, -0.2) is 4.39 Å². The van der Waals surface area contributed by atoms with E-state index in [9.17, 15) is 14.0 Å². The number of aromatic nitrogens is 1. The number of hydrogen-bond acceptors (Lipinski definition) is 5. The average molecular weight is 444 g/mol. The first kappa shape index (κ1) is 20.9. The van der Waals surface area contributed by atoms with Crippen molar-refractivity contribution in [2.24, 2.45) is 0 Å². The van der Waals surface area contributed by atoms with Crippen molar-refractivity contribution in [2.75, 3.05) is 18.5 Å².